The fourth-order valence-corrected chi connectivity index (χ4v) is 2.26. The van der Waals surface area contributed by atoms with Gasteiger partial charge < -0.3 is 4.74 Å². The van der Waals surface area contributed by atoms with Gasteiger partial charge in [0.2, 0.25) is 0 Å². The first-order valence-corrected chi connectivity index (χ1v) is 7.07. The van der Waals surface area contributed by atoms with Gasteiger partial charge in [0.1, 0.15) is 10.6 Å². The van der Waals surface area contributed by atoms with Crippen molar-refractivity contribution in [1.29, 1.82) is 0 Å². The molecule has 0 aromatic heterocycles. The van der Waals surface area contributed by atoms with E-state index < -0.39 is 15.7 Å². The summed E-state index contributed by atoms with van der Waals surface area (Å²) in [5.41, 5.74) is 0. The van der Waals surface area contributed by atoms with Crippen LogP contribution in [0.4, 0.5) is 4.39 Å². The zero-order valence-electron chi connectivity index (χ0n) is 8.12. The van der Waals surface area contributed by atoms with Crippen molar-refractivity contribution in [2.75, 3.05) is 13.3 Å². The molecule has 0 spiro atoms. The van der Waals surface area contributed by atoms with E-state index in [2.05, 4.69) is 0 Å². The Hall–Kier alpha value is -0.520. The van der Waals surface area contributed by atoms with Crippen LogP contribution in [-0.4, -0.2) is 21.7 Å². The zero-order valence-corrected chi connectivity index (χ0v) is 10.4. The van der Waals surface area contributed by atoms with E-state index in [1.807, 2.05) is 0 Å². The van der Waals surface area contributed by atoms with Gasteiger partial charge in [0.25, 0.3) is 9.05 Å². The molecule has 16 heavy (non-hydrogen) atoms. The van der Waals surface area contributed by atoms with Crippen LogP contribution >= 0.6 is 22.3 Å². The number of benzene rings is 1. The third-order valence-electron chi connectivity index (χ3n) is 1.70. The Balaban J connectivity index is 2.99. The van der Waals surface area contributed by atoms with Crippen molar-refractivity contribution in [3.8, 4) is 5.75 Å². The number of alkyl halides is 1. The molecular weight excluding hydrogens is 278 g/mol. The van der Waals surface area contributed by atoms with Crippen LogP contribution in [0.3, 0.4) is 0 Å². The first-order chi connectivity index (χ1) is 7.45. The highest BCUT2D eigenvalue weighted by Crippen LogP contribution is 2.29. The third-order valence-corrected chi connectivity index (χ3v) is 3.28. The molecule has 90 valence electrons. The van der Waals surface area contributed by atoms with Gasteiger partial charge in [-0.2, -0.15) is 0 Å². The molecule has 0 N–H and O–H groups in total. The fraction of sp³-hybridized carbons (Fsp3) is 0.333. The molecule has 7 heteroatoms. The van der Waals surface area contributed by atoms with Crippen LogP contribution < -0.4 is 4.74 Å². The first kappa shape index (κ1) is 13.5. The van der Waals surface area contributed by atoms with Crippen LogP contribution in [0.25, 0.3) is 0 Å². The molecule has 0 atom stereocenters. The number of rotatable bonds is 5. The van der Waals surface area contributed by atoms with Crippen molar-refractivity contribution in [3.63, 3.8) is 0 Å². The summed E-state index contributed by atoms with van der Waals surface area (Å²) in [4.78, 5) is -0.208. The van der Waals surface area contributed by atoms with Crippen molar-refractivity contribution >= 4 is 31.3 Å². The average molecular weight is 287 g/mol. The zero-order chi connectivity index (χ0) is 12.2. The van der Waals surface area contributed by atoms with Gasteiger partial charge in [-0.05, 0) is 18.2 Å². The smallest absolute Gasteiger partial charge is 0.265 e. The minimum absolute atomic E-state index is 0.0767. The van der Waals surface area contributed by atoms with Crippen LogP contribution in [0, 0.1) is 0 Å². The summed E-state index contributed by atoms with van der Waals surface area (Å²) in [7, 11) is 1.28. The highest BCUT2D eigenvalue weighted by atomic mass is 35.7. The highest BCUT2D eigenvalue weighted by Gasteiger charge is 2.17. The molecular formula is C9H9Cl2FO3S. The number of hydrogen-bond donors (Lipinski definition) is 0. The van der Waals surface area contributed by atoms with Crippen LogP contribution in [0.5, 0.6) is 5.75 Å². The SMILES string of the molecule is O=S(=O)(Cl)c1cc(Cl)ccc1OCCCF. The normalized spacial score (nSPS) is 11.4. The summed E-state index contributed by atoms with van der Waals surface area (Å²) in [5.74, 6) is 0.0767. The number of ether oxygens (including phenoxy) is 1. The predicted octanol–water partition coefficient (Wildman–Crippen LogP) is 3.01. The largest absolute Gasteiger partial charge is 0.492 e. The lowest BCUT2D eigenvalue weighted by atomic mass is 10.3. The van der Waals surface area contributed by atoms with Crippen LogP contribution in [0.1, 0.15) is 6.42 Å². The second kappa shape index (κ2) is 5.70. The van der Waals surface area contributed by atoms with E-state index in [4.69, 9.17) is 27.0 Å². The summed E-state index contributed by atoms with van der Waals surface area (Å²) in [6.07, 6.45) is 0.185. The van der Waals surface area contributed by atoms with E-state index >= 15 is 0 Å². The summed E-state index contributed by atoms with van der Waals surface area (Å²) in [5, 5.41) is 0.233. The monoisotopic (exact) mass is 286 g/mol. The standard InChI is InChI=1S/C9H9Cl2FO3S/c10-7-2-3-8(15-5-1-4-12)9(6-7)16(11,13)14/h2-3,6H,1,4-5H2. The number of hydrogen-bond acceptors (Lipinski definition) is 3. The number of halogens is 3. The molecule has 0 aliphatic heterocycles. The topological polar surface area (TPSA) is 43.4 Å². The average Bonchev–Trinajstić information content (AvgIpc) is 2.19. The summed E-state index contributed by atoms with van der Waals surface area (Å²) >= 11 is 5.65. The van der Waals surface area contributed by atoms with Gasteiger partial charge in [0.05, 0.1) is 13.3 Å². The van der Waals surface area contributed by atoms with Gasteiger partial charge in [0, 0.05) is 22.1 Å². The first-order valence-electron chi connectivity index (χ1n) is 4.38. The summed E-state index contributed by atoms with van der Waals surface area (Å²) in [6, 6.07) is 4.04. The van der Waals surface area contributed by atoms with E-state index in [9.17, 15) is 12.8 Å². The molecule has 0 fully saturated rings. The van der Waals surface area contributed by atoms with E-state index in [1.165, 1.54) is 18.2 Å². The van der Waals surface area contributed by atoms with Crippen LogP contribution in [0.15, 0.2) is 23.1 Å². The Kier molecular flexibility index (Phi) is 4.83. The van der Waals surface area contributed by atoms with Crippen molar-refractivity contribution in [2.45, 2.75) is 11.3 Å². The maximum absolute atomic E-state index is 11.8. The third kappa shape index (κ3) is 3.81. The van der Waals surface area contributed by atoms with Crippen LogP contribution in [-0.2, 0) is 9.05 Å². The molecule has 0 radical (unpaired) electrons. The molecule has 1 aromatic carbocycles. The van der Waals surface area contributed by atoms with Gasteiger partial charge in [-0.1, -0.05) is 11.6 Å². The summed E-state index contributed by atoms with van der Waals surface area (Å²) < 4.78 is 39.3. The Morgan fingerprint density at radius 2 is 2.06 bits per heavy atom. The predicted molar refractivity (Wildman–Crippen MR) is 60.6 cm³/mol. The maximum atomic E-state index is 11.8. The fourth-order valence-electron chi connectivity index (χ4n) is 1.03. The minimum atomic E-state index is -3.92. The Morgan fingerprint density at radius 1 is 1.38 bits per heavy atom. The second-order valence-electron chi connectivity index (χ2n) is 2.92. The molecule has 0 aliphatic rings. The lowest BCUT2D eigenvalue weighted by Gasteiger charge is -2.08. The molecule has 0 saturated heterocycles. The molecule has 0 aliphatic carbocycles. The van der Waals surface area contributed by atoms with E-state index in [0.717, 1.165) is 0 Å². The Labute approximate surface area is 103 Å². The van der Waals surface area contributed by atoms with Crippen molar-refractivity contribution in [3.05, 3.63) is 23.2 Å². The molecule has 1 aromatic rings. The molecule has 1 rings (SSSR count). The van der Waals surface area contributed by atoms with Crippen molar-refractivity contribution in [1.82, 2.24) is 0 Å². The lowest BCUT2D eigenvalue weighted by molar-refractivity contribution is 0.283. The minimum Gasteiger partial charge on any atom is -0.492 e. The van der Waals surface area contributed by atoms with Gasteiger partial charge in [-0.25, -0.2) is 8.42 Å². The second-order valence-corrected chi connectivity index (χ2v) is 5.89. The molecule has 0 heterocycles. The lowest BCUT2D eigenvalue weighted by Crippen LogP contribution is -2.02. The van der Waals surface area contributed by atoms with E-state index in [1.54, 1.807) is 0 Å². The quantitative estimate of drug-likeness (QED) is 0.617. The Morgan fingerprint density at radius 3 is 2.62 bits per heavy atom. The molecule has 3 nitrogen and oxygen atoms in total. The van der Waals surface area contributed by atoms with Gasteiger partial charge in [0.15, 0.2) is 0 Å². The molecule has 0 saturated carbocycles. The molecule has 0 bridgehead atoms. The van der Waals surface area contributed by atoms with Gasteiger partial charge >= 0.3 is 0 Å². The van der Waals surface area contributed by atoms with Gasteiger partial charge in [-0.3, -0.25) is 4.39 Å². The molecule has 0 amide bonds. The van der Waals surface area contributed by atoms with Gasteiger partial charge in [-0.15, -0.1) is 0 Å². The van der Waals surface area contributed by atoms with Crippen LogP contribution in [0.2, 0.25) is 5.02 Å². The molecule has 0 unspecified atom stereocenters. The maximum Gasteiger partial charge on any atom is 0.265 e. The van der Waals surface area contributed by atoms with Crippen molar-refractivity contribution < 1.29 is 17.5 Å². The van der Waals surface area contributed by atoms with E-state index in [0.29, 0.717) is 0 Å². The van der Waals surface area contributed by atoms with Crippen molar-refractivity contribution in [2.24, 2.45) is 0 Å². The highest BCUT2D eigenvalue weighted by molar-refractivity contribution is 8.13. The summed E-state index contributed by atoms with van der Waals surface area (Å²) in [6.45, 7) is -0.450. The van der Waals surface area contributed by atoms with E-state index in [-0.39, 0.29) is 28.7 Å². The Bertz CT molecular complexity index is 462.